The first-order valence-electron chi connectivity index (χ1n) is 8.40. The van der Waals surface area contributed by atoms with Crippen LogP contribution in [0.3, 0.4) is 0 Å². The Bertz CT molecular complexity index is 1010. The van der Waals surface area contributed by atoms with Crippen LogP contribution in [0.2, 0.25) is 0 Å². The summed E-state index contributed by atoms with van der Waals surface area (Å²) in [5, 5.41) is 4.49. The van der Waals surface area contributed by atoms with Crippen molar-refractivity contribution >= 4 is 5.65 Å². The molecule has 6 heteroatoms. The van der Waals surface area contributed by atoms with Gasteiger partial charge in [0, 0.05) is 48.7 Å². The summed E-state index contributed by atoms with van der Waals surface area (Å²) in [7, 11) is 0. The number of hydrogen-bond acceptors (Lipinski definition) is 4. The normalized spacial score (nSPS) is 11.5. The van der Waals surface area contributed by atoms with E-state index in [0.29, 0.717) is 5.92 Å². The average Bonchev–Trinajstić information content (AvgIpc) is 3.17. The van der Waals surface area contributed by atoms with Gasteiger partial charge < -0.3 is 0 Å². The molecule has 25 heavy (non-hydrogen) atoms. The summed E-state index contributed by atoms with van der Waals surface area (Å²) < 4.78 is 4.08. The Morgan fingerprint density at radius 3 is 2.64 bits per heavy atom. The predicted molar refractivity (Wildman–Crippen MR) is 97.0 cm³/mol. The van der Waals surface area contributed by atoms with Crippen LogP contribution in [-0.4, -0.2) is 29.1 Å². The summed E-state index contributed by atoms with van der Waals surface area (Å²) in [5.41, 5.74) is 5.80. The van der Waals surface area contributed by atoms with Crippen molar-refractivity contribution in [2.75, 3.05) is 0 Å². The molecule has 0 aliphatic rings. The zero-order chi connectivity index (χ0) is 17.4. The van der Waals surface area contributed by atoms with Crippen LogP contribution in [0.4, 0.5) is 0 Å². The topological polar surface area (TPSA) is 60.9 Å². The monoisotopic (exact) mass is 332 g/mol. The Labute approximate surface area is 146 Å². The highest BCUT2D eigenvalue weighted by Crippen LogP contribution is 2.28. The van der Waals surface area contributed by atoms with Crippen LogP contribution in [0.1, 0.15) is 19.5 Å². The second-order valence-electron chi connectivity index (χ2n) is 6.60. The summed E-state index contributed by atoms with van der Waals surface area (Å²) in [5.74, 6) is 0.554. The molecule has 0 N–H and O–H groups in total. The van der Waals surface area contributed by atoms with E-state index in [1.165, 1.54) is 0 Å². The first-order chi connectivity index (χ1) is 12.1. The Kier molecular flexibility index (Phi) is 3.80. The Balaban J connectivity index is 1.86. The first-order valence-corrected chi connectivity index (χ1v) is 8.40. The van der Waals surface area contributed by atoms with E-state index in [2.05, 4.69) is 39.5 Å². The van der Waals surface area contributed by atoms with Gasteiger partial charge >= 0.3 is 0 Å². The van der Waals surface area contributed by atoms with Gasteiger partial charge in [-0.15, -0.1) is 0 Å². The quantitative estimate of drug-likeness (QED) is 0.573. The van der Waals surface area contributed by atoms with E-state index >= 15 is 0 Å². The van der Waals surface area contributed by atoms with Crippen molar-refractivity contribution in [2.24, 2.45) is 5.92 Å². The van der Waals surface area contributed by atoms with Gasteiger partial charge in [0.1, 0.15) is 5.69 Å². The largest absolute Gasteiger partial charge is 0.296 e. The van der Waals surface area contributed by atoms with E-state index in [1.807, 2.05) is 42.3 Å². The summed E-state index contributed by atoms with van der Waals surface area (Å²) >= 11 is 0. The molecule has 0 unspecified atom stereocenters. The van der Waals surface area contributed by atoms with Crippen LogP contribution in [0.5, 0.6) is 0 Å². The Hall–Kier alpha value is -3.02. The molecule has 0 bridgehead atoms. The number of nitrogens with zero attached hydrogens (tertiary/aromatic N) is 6. The molecule has 0 aromatic carbocycles. The van der Waals surface area contributed by atoms with Crippen LogP contribution in [-0.2, 0) is 6.54 Å². The van der Waals surface area contributed by atoms with E-state index in [1.54, 1.807) is 12.4 Å². The number of pyridine rings is 1. The van der Waals surface area contributed by atoms with Crippen LogP contribution < -0.4 is 0 Å². The molecule has 4 heterocycles. The third kappa shape index (κ3) is 2.80. The van der Waals surface area contributed by atoms with Crippen molar-refractivity contribution in [3.63, 3.8) is 0 Å². The molecule has 0 aliphatic heterocycles. The van der Waals surface area contributed by atoms with Gasteiger partial charge in [-0.05, 0) is 25.0 Å². The van der Waals surface area contributed by atoms with Gasteiger partial charge in [-0.1, -0.05) is 13.8 Å². The van der Waals surface area contributed by atoms with Crippen LogP contribution >= 0.6 is 0 Å². The SMILES string of the molecule is Cc1nc2c(-c3ccncc3)nccn2c1-c1cnn(CC(C)C)c1. The average molecular weight is 332 g/mol. The van der Waals surface area contributed by atoms with Crippen molar-refractivity contribution in [3.8, 4) is 22.5 Å². The summed E-state index contributed by atoms with van der Waals surface area (Å²) in [4.78, 5) is 13.4. The minimum Gasteiger partial charge on any atom is -0.296 e. The van der Waals surface area contributed by atoms with Gasteiger partial charge in [-0.2, -0.15) is 5.10 Å². The third-order valence-electron chi connectivity index (χ3n) is 4.13. The minimum atomic E-state index is 0.554. The summed E-state index contributed by atoms with van der Waals surface area (Å²) in [6.45, 7) is 7.30. The van der Waals surface area contributed by atoms with Crippen molar-refractivity contribution in [1.29, 1.82) is 0 Å². The number of hydrogen-bond donors (Lipinski definition) is 0. The molecule has 4 aromatic heterocycles. The van der Waals surface area contributed by atoms with Gasteiger partial charge in [0.2, 0.25) is 0 Å². The molecule has 6 nitrogen and oxygen atoms in total. The maximum atomic E-state index is 4.78. The highest BCUT2D eigenvalue weighted by molar-refractivity contribution is 5.77. The van der Waals surface area contributed by atoms with E-state index in [-0.39, 0.29) is 0 Å². The molecular formula is C19H20N6. The zero-order valence-corrected chi connectivity index (χ0v) is 14.6. The van der Waals surface area contributed by atoms with Gasteiger partial charge in [0.25, 0.3) is 0 Å². The highest BCUT2D eigenvalue weighted by Gasteiger charge is 2.16. The van der Waals surface area contributed by atoms with Gasteiger partial charge in [0.05, 0.1) is 17.6 Å². The van der Waals surface area contributed by atoms with Crippen LogP contribution in [0, 0.1) is 12.8 Å². The molecule has 4 aromatic rings. The van der Waals surface area contributed by atoms with Crippen molar-refractivity contribution < 1.29 is 0 Å². The molecule has 0 saturated carbocycles. The Morgan fingerprint density at radius 1 is 1.08 bits per heavy atom. The molecule has 0 spiro atoms. The van der Waals surface area contributed by atoms with E-state index in [0.717, 1.165) is 40.4 Å². The lowest BCUT2D eigenvalue weighted by Crippen LogP contribution is -2.04. The summed E-state index contributed by atoms with van der Waals surface area (Å²) in [6.07, 6.45) is 11.3. The lowest BCUT2D eigenvalue weighted by Gasteiger charge is -2.05. The zero-order valence-electron chi connectivity index (χ0n) is 14.6. The minimum absolute atomic E-state index is 0.554. The lowest BCUT2D eigenvalue weighted by molar-refractivity contribution is 0.483. The fourth-order valence-corrected chi connectivity index (χ4v) is 3.11. The van der Waals surface area contributed by atoms with E-state index < -0.39 is 0 Å². The maximum absolute atomic E-state index is 4.78. The molecule has 0 amide bonds. The highest BCUT2D eigenvalue weighted by atomic mass is 15.3. The molecule has 126 valence electrons. The third-order valence-corrected chi connectivity index (χ3v) is 4.13. The number of aryl methyl sites for hydroxylation is 1. The van der Waals surface area contributed by atoms with Crippen molar-refractivity contribution in [3.05, 3.63) is 55.0 Å². The van der Waals surface area contributed by atoms with Gasteiger partial charge in [-0.3, -0.25) is 19.1 Å². The molecule has 0 atom stereocenters. The number of fused-ring (bicyclic) bond motifs is 1. The fourth-order valence-electron chi connectivity index (χ4n) is 3.11. The molecular weight excluding hydrogens is 312 g/mol. The molecule has 0 saturated heterocycles. The van der Waals surface area contributed by atoms with Crippen molar-refractivity contribution in [1.82, 2.24) is 29.1 Å². The van der Waals surface area contributed by atoms with Crippen LogP contribution in [0.15, 0.2) is 49.3 Å². The second kappa shape index (κ2) is 6.12. The van der Waals surface area contributed by atoms with E-state index in [4.69, 9.17) is 4.98 Å². The number of imidazole rings is 1. The number of rotatable bonds is 4. The lowest BCUT2D eigenvalue weighted by atomic mass is 10.2. The van der Waals surface area contributed by atoms with Gasteiger partial charge in [-0.25, -0.2) is 4.98 Å². The smallest absolute Gasteiger partial charge is 0.164 e. The maximum Gasteiger partial charge on any atom is 0.164 e. The van der Waals surface area contributed by atoms with Crippen LogP contribution in [0.25, 0.3) is 28.2 Å². The van der Waals surface area contributed by atoms with Gasteiger partial charge in [0.15, 0.2) is 5.65 Å². The standard InChI is InChI=1S/C19H20N6/c1-13(2)11-24-12-16(10-22-24)18-14(3)23-19-17(21-8-9-25(18)19)15-4-6-20-7-5-15/h4-10,12-13H,11H2,1-3H3. The first kappa shape index (κ1) is 15.5. The summed E-state index contributed by atoms with van der Waals surface area (Å²) in [6, 6.07) is 3.90. The predicted octanol–water partition coefficient (Wildman–Crippen LogP) is 3.62. The Morgan fingerprint density at radius 2 is 1.88 bits per heavy atom. The second-order valence-corrected chi connectivity index (χ2v) is 6.60. The fraction of sp³-hybridized carbons (Fsp3) is 0.263. The van der Waals surface area contributed by atoms with E-state index in [9.17, 15) is 0 Å². The molecule has 4 rings (SSSR count). The molecule has 0 aliphatic carbocycles. The molecule has 0 fully saturated rings. The van der Waals surface area contributed by atoms with Crippen molar-refractivity contribution in [2.45, 2.75) is 27.3 Å². The number of aromatic nitrogens is 6. The molecule has 0 radical (unpaired) electrons.